The van der Waals surface area contributed by atoms with Crippen LogP contribution in [0.5, 0.6) is 0 Å². The maximum absolute atomic E-state index is 10.6. The molecule has 2 aromatic carbocycles. The smallest absolute Gasteiger partial charge is 0.192 e. The summed E-state index contributed by atoms with van der Waals surface area (Å²) in [6.07, 6.45) is 1.36. The summed E-state index contributed by atoms with van der Waals surface area (Å²) in [5.41, 5.74) is 1.96. The highest BCUT2D eigenvalue weighted by Gasteiger charge is 2.39. The Balaban J connectivity index is 1.51. The van der Waals surface area contributed by atoms with Gasteiger partial charge in [0, 0.05) is 12.0 Å². The molecule has 1 heterocycles. The van der Waals surface area contributed by atoms with Crippen molar-refractivity contribution in [2.45, 2.75) is 31.3 Å². The highest BCUT2D eigenvalue weighted by atomic mass is 16.6. The Morgan fingerprint density at radius 3 is 2.43 bits per heavy atom. The third kappa shape index (κ3) is 3.50. The molecule has 1 N–H and O–H groups in total. The fourth-order valence-corrected chi connectivity index (χ4v) is 2.66. The minimum Gasteiger partial charge on any atom is -0.374 e. The van der Waals surface area contributed by atoms with E-state index in [9.17, 15) is 5.11 Å². The van der Waals surface area contributed by atoms with E-state index >= 15 is 0 Å². The first-order valence-corrected chi connectivity index (χ1v) is 7.34. The lowest BCUT2D eigenvalue weighted by molar-refractivity contribution is -0.208. The van der Waals surface area contributed by atoms with Gasteiger partial charge >= 0.3 is 0 Å². The molecule has 110 valence electrons. The Morgan fingerprint density at radius 1 is 1.05 bits per heavy atom. The molecule has 0 amide bonds. The Bertz CT molecular complexity index is 555. The Labute approximate surface area is 125 Å². The summed E-state index contributed by atoms with van der Waals surface area (Å²) >= 11 is 0. The zero-order valence-corrected chi connectivity index (χ0v) is 11.9. The van der Waals surface area contributed by atoms with Crippen molar-refractivity contribution >= 4 is 0 Å². The van der Waals surface area contributed by atoms with Crippen LogP contribution < -0.4 is 0 Å². The van der Waals surface area contributed by atoms with E-state index < -0.39 is 5.79 Å². The molecule has 2 atom stereocenters. The third-order valence-electron chi connectivity index (χ3n) is 3.81. The van der Waals surface area contributed by atoms with Crippen LogP contribution in [0.2, 0.25) is 0 Å². The van der Waals surface area contributed by atoms with Crippen LogP contribution in [0.3, 0.4) is 0 Å². The van der Waals surface area contributed by atoms with Gasteiger partial charge in [-0.25, -0.2) is 0 Å². The maximum atomic E-state index is 10.6. The van der Waals surface area contributed by atoms with Crippen molar-refractivity contribution in [3.63, 3.8) is 0 Å². The molecular weight excluding hydrogens is 264 g/mol. The van der Waals surface area contributed by atoms with Gasteiger partial charge in [-0.1, -0.05) is 60.7 Å². The highest BCUT2D eigenvalue weighted by molar-refractivity contribution is 5.21. The van der Waals surface area contributed by atoms with Gasteiger partial charge in [0.15, 0.2) is 5.79 Å². The van der Waals surface area contributed by atoms with Gasteiger partial charge in [0.2, 0.25) is 0 Å². The second kappa shape index (κ2) is 6.39. The summed E-state index contributed by atoms with van der Waals surface area (Å²) in [6.45, 7) is 1.08. The van der Waals surface area contributed by atoms with Gasteiger partial charge in [0.05, 0.1) is 19.3 Å². The topological polar surface area (TPSA) is 38.7 Å². The average molecular weight is 284 g/mol. The number of benzene rings is 2. The lowest BCUT2D eigenvalue weighted by Crippen LogP contribution is -2.27. The molecule has 3 heteroatoms. The van der Waals surface area contributed by atoms with Gasteiger partial charge in [0.1, 0.15) is 0 Å². The molecule has 0 saturated carbocycles. The van der Waals surface area contributed by atoms with Gasteiger partial charge in [-0.05, 0) is 12.0 Å². The molecule has 0 spiro atoms. The second-order valence-corrected chi connectivity index (χ2v) is 5.43. The van der Waals surface area contributed by atoms with Gasteiger partial charge < -0.3 is 14.6 Å². The molecule has 2 aromatic rings. The summed E-state index contributed by atoms with van der Waals surface area (Å²) in [4.78, 5) is 0. The zero-order chi connectivity index (χ0) is 14.5. The van der Waals surface area contributed by atoms with Crippen molar-refractivity contribution in [3.8, 4) is 0 Å². The predicted molar refractivity (Wildman–Crippen MR) is 80.5 cm³/mol. The maximum Gasteiger partial charge on any atom is 0.192 e. The van der Waals surface area contributed by atoms with Crippen molar-refractivity contribution < 1.29 is 14.6 Å². The van der Waals surface area contributed by atoms with Crippen LogP contribution in [0.15, 0.2) is 60.7 Å². The first-order valence-electron chi connectivity index (χ1n) is 7.34. The van der Waals surface area contributed by atoms with Gasteiger partial charge in [-0.3, -0.25) is 0 Å². The van der Waals surface area contributed by atoms with E-state index in [1.165, 1.54) is 0 Å². The Hall–Kier alpha value is -1.68. The van der Waals surface area contributed by atoms with Crippen molar-refractivity contribution in [1.29, 1.82) is 0 Å². The molecule has 21 heavy (non-hydrogen) atoms. The molecular formula is C18H20O3. The number of aliphatic hydroxyl groups is 1. The van der Waals surface area contributed by atoms with Crippen LogP contribution >= 0.6 is 0 Å². The van der Waals surface area contributed by atoms with Crippen LogP contribution in [0.4, 0.5) is 0 Å². The molecule has 0 aromatic heterocycles. The van der Waals surface area contributed by atoms with Crippen LogP contribution in [0.1, 0.15) is 24.0 Å². The first-order chi connectivity index (χ1) is 10.3. The largest absolute Gasteiger partial charge is 0.374 e. The SMILES string of the molecule is OC1(c2ccccc2)CCC(COCc2ccccc2)O1. The van der Waals surface area contributed by atoms with Gasteiger partial charge in [-0.2, -0.15) is 0 Å². The normalized spacial score (nSPS) is 25.1. The van der Waals surface area contributed by atoms with E-state index in [0.717, 1.165) is 17.5 Å². The van der Waals surface area contributed by atoms with Crippen molar-refractivity contribution in [3.05, 3.63) is 71.8 Å². The number of ether oxygens (including phenoxy) is 2. The summed E-state index contributed by atoms with van der Waals surface area (Å²) in [6, 6.07) is 19.6. The van der Waals surface area contributed by atoms with E-state index in [4.69, 9.17) is 9.47 Å². The Kier molecular flexibility index (Phi) is 4.34. The minimum absolute atomic E-state index is 0.0566. The van der Waals surface area contributed by atoms with Crippen LogP contribution in [-0.2, 0) is 21.9 Å². The molecule has 0 bridgehead atoms. The standard InChI is InChI=1S/C18H20O3/c19-18(16-9-5-2-6-10-16)12-11-17(21-18)14-20-13-15-7-3-1-4-8-15/h1-10,17,19H,11-14H2. The molecule has 1 fully saturated rings. The molecule has 1 aliphatic heterocycles. The van der Waals surface area contributed by atoms with E-state index in [1.807, 2.05) is 60.7 Å². The lowest BCUT2D eigenvalue weighted by Gasteiger charge is -2.23. The fraction of sp³-hybridized carbons (Fsp3) is 0.333. The van der Waals surface area contributed by atoms with Crippen LogP contribution in [0.25, 0.3) is 0 Å². The zero-order valence-electron chi connectivity index (χ0n) is 11.9. The number of rotatable bonds is 5. The van der Waals surface area contributed by atoms with Crippen LogP contribution in [-0.4, -0.2) is 17.8 Å². The summed E-state index contributed by atoms with van der Waals surface area (Å²) in [5.74, 6) is -1.16. The first kappa shape index (κ1) is 14.3. The Morgan fingerprint density at radius 2 is 1.71 bits per heavy atom. The molecule has 2 unspecified atom stereocenters. The van der Waals surface area contributed by atoms with E-state index in [2.05, 4.69) is 0 Å². The monoisotopic (exact) mass is 284 g/mol. The lowest BCUT2D eigenvalue weighted by atomic mass is 10.0. The molecule has 1 saturated heterocycles. The number of hydrogen-bond donors (Lipinski definition) is 1. The highest BCUT2D eigenvalue weighted by Crippen LogP contribution is 2.36. The predicted octanol–water partition coefficient (Wildman–Crippen LogP) is 3.23. The molecule has 3 rings (SSSR count). The average Bonchev–Trinajstić information content (AvgIpc) is 2.92. The molecule has 1 aliphatic rings. The van der Waals surface area contributed by atoms with Crippen molar-refractivity contribution in [2.75, 3.05) is 6.61 Å². The van der Waals surface area contributed by atoms with Crippen LogP contribution in [0, 0.1) is 0 Å². The summed E-state index contributed by atoms with van der Waals surface area (Å²) in [5, 5.41) is 10.6. The third-order valence-corrected chi connectivity index (χ3v) is 3.81. The quantitative estimate of drug-likeness (QED) is 0.916. The summed E-state index contributed by atoms with van der Waals surface area (Å²) in [7, 11) is 0. The van der Waals surface area contributed by atoms with E-state index in [-0.39, 0.29) is 6.10 Å². The fourth-order valence-electron chi connectivity index (χ4n) is 2.66. The minimum atomic E-state index is -1.16. The number of hydrogen-bond acceptors (Lipinski definition) is 3. The summed E-state index contributed by atoms with van der Waals surface area (Å²) < 4.78 is 11.5. The second-order valence-electron chi connectivity index (χ2n) is 5.43. The van der Waals surface area contributed by atoms with E-state index in [1.54, 1.807) is 0 Å². The van der Waals surface area contributed by atoms with Gasteiger partial charge in [-0.15, -0.1) is 0 Å². The molecule has 0 radical (unpaired) electrons. The van der Waals surface area contributed by atoms with E-state index in [0.29, 0.717) is 19.6 Å². The molecule has 3 nitrogen and oxygen atoms in total. The molecule has 0 aliphatic carbocycles. The van der Waals surface area contributed by atoms with Crippen molar-refractivity contribution in [2.24, 2.45) is 0 Å². The van der Waals surface area contributed by atoms with Gasteiger partial charge in [0.25, 0.3) is 0 Å². The van der Waals surface area contributed by atoms with Crippen molar-refractivity contribution in [1.82, 2.24) is 0 Å².